The molecule has 0 radical (unpaired) electrons. The Kier molecular flexibility index (Phi) is 7.13. The summed E-state index contributed by atoms with van der Waals surface area (Å²) in [5, 5.41) is 19.6. The van der Waals surface area contributed by atoms with E-state index in [0.717, 1.165) is 81.4 Å². The molecule has 2 N–H and O–H groups in total. The van der Waals surface area contributed by atoms with Crippen LogP contribution in [0.3, 0.4) is 0 Å². The van der Waals surface area contributed by atoms with E-state index in [2.05, 4.69) is 25.7 Å². The summed E-state index contributed by atoms with van der Waals surface area (Å²) in [5.41, 5.74) is -1.98. The van der Waals surface area contributed by atoms with Crippen molar-refractivity contribution >= 4 is 0 Å². The molecule has 2 nitrogen and oxygen atoms in total. The van der Waals surface area contributed by atoms with Crippen molar-refractivity contribution in [3.8, 4) is 0 Å². The van der Waals surface area contributed by atoms with Gasteiger partial charge >= 0.3 is 12.4 Å². The molecule has 0 aromatic heterocycles. The van der Waals surface area contributed by atoms with E-state index < -0.39 is 24.1 Å². The minimum Gasteiger partial charge on any atom is -0.388 e. The van der Waals surface area contributed by atoms with Crippen molar-refractivity contribution in [3.63, 3.8) is 0 Å². The van der Waals surface area contributed by atoms with Crippen LogP contribution < -0.4 is 0 Å². The minimum absolute atomic E-state index is 0.0552. The highest BCUT2D eigenvalue weighted by atomic mass is 19.4. The molecule has 8 heteroatoms. The van der Waals surface area contributed by atoms with Gasteiger partial charge in [-0.1, -0.05) is 37.3 Å². The molecule has 0 aliphatic heterocycles. The number of aliphatic hydroxyl groups is 2. The van der Waals surface area contributed by atoms with Gasteiger partial charge in [0.05, 0.1) is 6.10 Å². The fourth-order valence-corrected chi connectivity index (χ4v) is 7.35. The highest BCUT2D eigenvalue weighted by Gasteiger charge is 2.69. The summed E-state index contributed by atoms with van der Waals surface area (Å²) in [4.78, 5) is 0. The van der Waals surface area contributed by atoms with Crippen LogP contribution in [0.15, 0.2) is 47.6 Å². The predicted molar refractivity (Wildman–Crippen MR) is 126 cm³/mol. The zero-order chi connectivity index (χ0) is 26.6. The monoisotopic (exact) mass is 518 g/mol. The fourth-order valence-electron chi connectivity index (χ4n) is 7.35. The van der Waals surface area contributed by atoms with Crippen molar-refractivity contribution in [2.24, 2.45) is 22.7 Å². The van der Waals surface area contributed by atoms with Gasteiger partial charge in [-0.15, -0.1) is 0 Å². The molecular formula is C28H36F6O2. The summed E-state index contributed by atoms with van der Waals surface area (Å²) in [6, 6.07) is 0. The van der Waals surface area contributed by atoms with Gasteiger partial charge < -0.3 is 10.2 Å². The van der Waals surface area contributed by atoms with E-state index in [9.17, 15) is 36.6 Å². The van der Waals surface area contributed by atoms with Crippen molar-refractivity contribution in [2.75, 3.05) is 0 Å². The van der Waals surface area contributed by atoms with E-state index in [4.69, 9.17) is 0 Å². The Morgan fingerprint density at radius 2 is 1.61 bits per heavy atom. The van der Waals surface area contributed by atoms with Gasteiger partial charge in [-0.05, 0) is 111 Å². The molecule has 4 saturated carbocycles. The Bertz CT molecular complexity index is 938. The third kappa shape index (κ3) is 4.72. The summed E-state index contributed by atoms with van der Waals surface area (Å²) in [6.07, 6.45) is 1.95. The third-order valence-electron chi connectivity index (χ3n) is 9.58. The third-order valence-corrected chi connectivity index (χ3v) is 9.58. The van der Waals surface area contributed by atoms with E-state index in [-0.39, 0.29) is 29.2 Å². The standard InChI is InChI=1S/C28H36F6O2/c1-18-19(6-3-8-22(18)35)9-10-20-7-4-13-24(2)21(20)11-12-23(24)25(16-17-25)14-5-15-26(36,27(29,30)31)28(32,33)34/h5,9-10,15,21-23,35-36H,1,3-4,6-8,11-14,16-17H2,2H3/b15-5+,19-9-,20-10+/t21-,22-,23-,24-/m0/s1. The number of alkyl halides is 6. The van der Waals surface area contributed by atoms with Crippen molar-refractivity contribution in [1.29, 1.82) is 0 Å². The largest absolute Gasteiger partial charge is 0.429 e. The van der Waals surface area contributed by atoms with Crippen molar-refractivity contribution < 1.29 is 36.6 Å². The molecule has 4 atom stereocenters. The predicted octanol–water partition coefficient (Wildman–Crippen LogP) is 7.74. The smallest absolute Gasteiger partial charge is 0.388 e. The summed E-state index contributed by atoms with van der Waals surface area (Å²) in [6.45, 7) is 6.28. The van der Waals surface area contributed by atoms with E-state index in [0.29, 0.717) is 5.92 Å². The Balaban J connectivity index is 1.52. The zero-order valence-corrected chi connectivity index (χ0v) is 20.7. The molecule has 0 aromatic rings. The van der Waals surface area contributed by atoms with Crippen LogP contribution in [0.25, 0.3) is 0 Å². The molecule has 0 aromatic carbocycles. The number of allylic oxidation sites excluding steroid dienone is 4. The first-order chi connectivity index (χ1) is 16.6. The van der Waals surface area contributed by atoms with Crippen LogP contribution in [0.5, 0.6) is 0 Å². The van der Waals surface area contributed by atoms with Crippen LogP contribution >= 0.6 is 0 Å². The molecule has 4 aliphatic rings. The quantitative estimate of drug-likeness (QED) is 0.289. The lowest BCUT2D eigenvalue weighted by Crippen LogP contribution is -2.55. The van der Waals surface area contributed by atoms with Gasteiger partial charge in [0.15, 0.2) is 0 Å². The number of hydrogen-bond acceptors (Lipinski definition) is 2. The van der Waals surface area contributed by atoms with Crippen molar-refractivity contribution in [2.45, 2.75) is 102 Å². The van der Waals surface area contributed by atoms with Gasteiger partial charge in [-0.2, -0.15) is 26.3 Å². The summed E-state index contributed by atoms with van der Waals surface area (Å²) >= 11 is 0. The second kappa shape index (κ2) is 9.33. The number of aliphatic hydroxyl groups excluding tert-OH is 1. The van der Waals surface area contributed by atoms with E-state index in [1.54, 1.807) is 0 Å². The normalized spacial score (nSPS) is 35.6. The van der Waals surface area contributed by atoms with Gasteiger partial charge in [-0.25, -0.2) is 0 Å². The van der Waals surface area contributed by atoms with E-state index in [1.807, 2.05) is 0 Å². The molecule has 0 bridgehead atoms. The maximum absolute atomic E-state index is 13.1. The maximum atomic E-state index is 13.1. The first kappa shape index (κ1) is 27.5. The van der Waals surface area contributed by atoms with Gasteiger partial charge in [-0.3, -0.25) is 0 Å². The van der Waals surface area contributed by atoms with Crippen LogP contribution in [-0.2, 0) is 0 Å². The van der Waals surface area contributed by atoms with Gasteiger partial charge in [0.1, 0.15) is 0 Å². The lowest BCUT2D eigenvalue weighted by atomic mass is 9.59. The minimum atomic E-state index is -5.83. The van der Waals surface area contributed by atoms with E-state index in [1.165, 1.54) is 5.57 Å². The molecule has 0 spiro atoms. The molecule has 0 unspecified atom stereocenters. The molecule has 0 amide bonds. The molecule has 4 aliphatic carbocycles. The number of halogens is 6. The average Bonchev–Trinajstić information content (AvgIpc) is 3.46. The molecule has 36 heavy (non-hydrogen) atoms. The van der Waals surface area contributed by atoms with Gasteiger partial charge in [0.25, 0.3) is 5.60 Å². The lowest BCUT2D eigenvalue weighted by molar-refractivity contribution is -0.347. The van der Waals surface area contributed by atoms with E-state index >= 15 is 0 Å². The summed E-state index contributed by atoms with van der Waals surface area (Å²) < 4.78 is 78.4. The molecule has 202 valence electrons. The fraction of sp³-hybridized carbons (Fsp3) is 0.714. The van der Waals surface area contributed by atoms with Crippen LogP contribution in [-0.4, -0.2) is 34.3 Å². The second-order valence-corrected chi connectivity index (χ2v) is 11.6. The molecule has 4 fully saturated rings. The molecular weight excluding hydrogens is 482 g/mol. The Morgan fingerprint density at radius 1 is 0.944 bits per heavy atom. The number of fused-ring (bicyclic) bond motifs is 1. The topological polar surface area (TPSA) is 40.5 Å². The Hall–Kier alpha value is -1.54. The van der Waals surface area contributed by atoms with Crippen molar-refractivity contribution in [1.82, 2.24) is 0 Å². The molecule has 0 saturated heterocycles. The highest BCUT2D eigenvalue weighted by molar-refractivity contribution is 5.38. The summed E-state index contributed by atoms with van der Waals surface area (Å²) in [7, 11) is 0. The van der Waals surface area contributed by atoms with Crippen LogP contribution in [0.2, 0.25) is 0 Å². The van der Waals surface area contributed by atoms with Crippen LogP contribution in [0.1, 0.15) is 77.6 Å². The Morgan fingerprint density at radius 3 is 2.22 bits per heavy atom. The number of rotatable bonds is 5. The maximum Gasteiger partial charge on any atom is 0.429 e. The second-order valence-electron chi connectivity index (χ2n) is 11.6. The lowest BCUT2D eigenvalue weighted by Gasteiger charge is -2.45. The average molecular weight is 519 g/mol. The van der Waals surface area contributed by atoms with Crippen LogP contribution in [0, 0.1) is 22.7 Å². The van der Waals surface area contributed by atoms with Gasteiger partial charge in [0.2, 0.25) is 0 Å². The van der Waals surface area contributed by atoms with Crippen molar-refractivity contribution in [3.05, 3.63) is 47.6 Å². The SMILES string of the molecule is C=C1/C(=C\C=C2/CCC[C@]3(C)[C@@H](C4(C/C=C/C(O)(C(F)(F)F)C(F)(F)F)CC4)CC[C@@H]23)CCC[C@@H]1O. The molecule has 4 rings (SSSR count). The molecule has 0 heterocycles. The summed E-state index contributed by atoms with van der Waals surface area (Å²) in [5.74, 6) is 0.547. The number of hydrogen-bond donors (Lipinski definition) is 2. The van der Waals surface area contributed by atoms with Gasteiger partial charge in [0, 0.05) is 0 Å². The zero-order valence-electron chi connectivity index (χ0n) is 20.7. The van der Waals surface area contributed by atoms with Crippen LogP contribution in [0.4, 0.5) is 26.3 Å². The Labute approximate surface area is 208 Å². The highest BCUT2D eigenvalue weighted by Crippen LogP contribution is 2.69. The first-order valence-electron chi connectivity index (χ1n) is 12.9. The first-order valence-corrected chi connectivity index (χ1v) is 12.9.